The number of halogens is 1. The van der Waals surface area contributed by atoms with Crippen LogP contribution in [0.4, 0.5) is 0 Å². The van der Waals surface area contributed by atoms with Crippen LogP contribution in [0.1, 0.15) is 32.0 Å². The van der Waals surface area contributed by atoms with Crippen LogP contribution in [0.2, 0.25) is 0 Å². The number of rotatable bonds is 4. The fraction of sp³-hybridized carbons (Fsp3) is 0.0370. The third-order valence-corrected chi connectivity index (χ3v) is 5.66. The molecule has 0 saturated heterocycles. The molecule has 0 aliphatic carbocycles. The van der Waals surface area contributed by atoms with Crippen molar-refractivity contribution in [3.8, 4) is 11.5 Å². The van der Waals surface area contributed by atoms with Crippen molar-refractivity contribution < 1.29 is 23.5 Å². The summed E-state index contributed by atoms with van der Waals surface area (Å²) in [6.07, 6.45) is 5.29. The molecule has 33 heavy (non-hydrogen) atoms. The fourth-order valence-corrected chi connectivity index (χ4v) is 4.01. The van der Waals surface area contributed by atoms with Gasteiger partial charge in [0.05, 0.1) is 5.56 Å². The van der Waals surface area contributed by atoms with Crippen LogP contribution in [0.25, 0.3) is 17.0 Å². The second-order valence-electron chi connectivity index (χ2n) is 7.53. The van der Waals surface area contributed by atoms with Gasteiger partial charge in [0.2, 0.25) is 11.5 Å². The minimum atomic E-state index is -0.632. The number of carbonyl (C=O) groups excluding carboxylic acids is 2. The van der Waals surface area contributed by atoms with Crippen LogP contribution in [0, 0.1) is 6.92 Å². The van der Waals surface area contributed by atoms with E-state index >= 15 is 0 Å². The van der Waals surface area contributed by atoms with Crippen molar-refractivity contribution in [1.29, 1.82) is 0 Å². The Morgan fingerprint density at radius 3 is 2.67 bits per heavy atom. The summed E-state index contributed by atoms with van der Waals surface area (Å²) >= 11 is 3.40. The Morgan fingerprint density at radius 2 is 1.85 bits per heavy atom. The monoisotopic (exact) mass is 500 g/mol. The van der Waals surface area contributed by atoms with Gasteiger partial charge in [0.25, 0.3) is 0 Å². The van der Waals surface area contributed by atoms with E-state index in [9.17, 15) is 9.59 Å². The molecule has 0 atom stereocenters. The molecule has 1 aromatic heterocycles. The summed E-state index contributed by atoms with van der Waals surface area (Å²) < 4.78 is 17.8. The summed E-state index contributed by atoms with van der Waals surface area (Å²) in [5, 5.41) is 0.786. The first-order valence-electron chi connectivity index (χ1n) is 10.2. The van der Waals surface area contributed by atoms with Crippen LogP contribution in [-0.4, -0.2) is 11.8 Å². The Hall–Kier alpha value is -3.90. The summed E-state index contributed by atoms with van der Waals surface area (Å²) in [6.45, 7) is 1.78. The predicted molar refractivity (Wildman–Crippen MR) is 129 cm³/mol. The first-order valence-corrected chi connectivity index (χ1v) is 11.0. The molecule has 5 nitrogen and oxygen atoms in total. The normalized spacial score (nSPS) is 14.1. The van der Waals surface area contributed by atoms with E-state index in [4.69, 9.17) is 13.9 Å². The van der Waals surface area contributed by atoms with Crippen LogP contribution in [-0.2, 0) is 0 Å². The van der Waals surface area contributed by atoms with Gasteiger partial charge < -0.3 is 13.9 Å². The zero-order valence-electron chi connectivity index (χ0n) is 17.5. The van der Waals surface area contributed by atoms with Crippen LogP contribution >= 0.6 is 15.9 Å². The van der Waals surface area contributed by atoms with Gasteiger partial charge in [0.1, 0.15) is 17.1 Å². The molecule has 2 heterocycles. The maximum Gasteiger partial charge on any atom is 0.379 e. The van der Waals surface area contributed by atoms with Gasteiger partial charge in [-0.2, -0.15) is 0 Å². The van der Waals surface area contributed by atoms with Gasteiger partial charge in [0, 0.05) is 15.9 Å². The standard InChI is InChI=1S/C27H17BrO5/c1-16-12-20(31-27(30)24-14-18-13-19(28)10-11-21(18)32-24)15-23-25(16)26(29)22(33-23)9-5-8-17-6-3-2-4-7-17/h2-15H,1H3/b8-5+,22-9-. The summed E-state index contributed by atoms with van der Waals surface area (Å²) in [6, 6.07) is 20.0. The first kappa shape index (κ1) is 21.0. The summed E-state index contributed by atoms with van der Waals surface area (Å²) in [5.74, 6) is 0.0902. The van der Waals surface area contributed by atoms with Crippen molar-refractivity contribution >= 4 is 44.7 Å². The maximum absolute atomic E-state index is 12.8. The third kappa shape index (κ3) is 4.25. The maximum atomic E-state index is 12.8. The van der Waals surface area contributed by atoms with Crippen LogP contribution in [0.5, 0.6) is 11.5 Å². The number of hydrogen-bond acceptors (Lipinski definition) is 5. The van der Waals surface area contributed by atoms with Crippen LogP contribution in [0.3, 0.4) is 0 Å². The van der Waals surface area contributed by atoms with E-state index in [1.807, 2.05) is 48.5 Å². The highest BCUT2D eigenvalue weighted by atomic mass is 79.9. The number of ketones is 1. The van der Waals surface area contributed by atoms with E-state index in [1.165, 1.54) is 0 Å². The zero-order valence-corrected chi connectivity index (χ0v) is 19.1. The van der Waals surface area contributed by atoms with E-state index in [-0.39, 0.29) is 23.1 Å². The number of hydrogen-bond donors (Lipinski definition) is 0. The van der Waals surface area contributed by atoms with Crippen molar-refractivity contribution in [2.75, 3.05) is 0 Å². The Kier molecular flexibility index (Phi) is 5.44. The van der Waals surface area contributed by atoms with Gasteiger partial charge in [-0.05, 0) is 54.5 Å². The molecule has 1 aliphatic heterocycles. The fourth-order valence-electron chi connectivity index (χ4n) is 3.63. The van der Waals surface area contributed by atoms with E-state index in [0.717, 1.165) is 15.4 Å². The average molecular weight is 501 g/mol. The highest BCUT2D eigenvalue weighted by molar-refractivity contribution is 9.10. The quantitative estimate of drug-likeness (QED) is 0.173. The number of ether oxygens (including phenoxy) is 2. The minimum absolute atomic E-state index is 0.0879. The van der Waals surface area contributed by atoms with Gasteiger partial charge in [0.15, 0.2) is 5.76 Å². The molecule has 162 valence electrons. The molecule has 0 unspecified atom stereocenters. The Labute approximate surface area is 198 Å². The number of esters is 1. The molecule has 4 aromatic rings. The number of benzene rings is 3. The summed E-state index contributed by atoms with van der Waals surface area (Å²) in [7, 11) is 0. The van der Waals surface area contributed by atoms with Crippen molar-refractivity contribution in [3.05, 3.63) is 112 Å². The van der Waals surface area contributed by atoms with Gasteiger partial charge in [-0.25, -0.2) is 4.79 Å². The average Bonchev–Trinajstić information content (AvgIpc) is 3.35. The van der Waals surface area contributed by atoms with E-state index in [2.05, 4.69) is 15.9 Å². The third-order valence-electron chi connectivity index (χ3n) is 5.17. The number of furan rings is 1. The zero-order chi connectivity index (χ0) is 22.9. The molecule has 0 saturated carbocycles. The predicted octanol–water partition coefficient (Wildman–Crippen LogP) is 6.90. The van der Waals surface area contributed by atoms with Crippen LogP contribution < -0.4 is 9.47 Å². The molecule has 0 fully saturated rings. The van der Waals surface area contributed by atoms with Crippen LogP contribution in [0.15, 0.2) is 93.5 Å². The molecule has 0 bridgehead atoms. The largest absolute Gasteiger partial charge is 0.452 e. The molecule has 0 N–H and O–H groups in total. The van der Waals surface area contributed by atoms with Crippen molar-refractivity contribution in [2.45, 2.75) is 6.92 Å². The number of allylic oxidation sites excluding steroid dienone is 3. The first-order chi connectivity index (χ1) is 16.0. The Bertz CT molecular complexity index is 1460. The molecule has 0 radical (unpaired) electrons. The van der Waals surface area contributed by atoms with Gasteiger partial charge in [-0.1, -0.05) is 58.4 Å². The molecule has 0 amide bonds. The minimum Gasteiger partial charge on any atom is -0.452 e. The Balaban J connectivity index is 1.36. The smallest absolute Gasteiger partial charge is 0.379 e. The summed E-state index contributed by atoms with van der Waals surface area (Å²) in [5.41, 5.74) is 2.72. The number of carbonyl (C=O) groups is 2. The lowest BCUT2D eigenvalue weighted by Crippen LogP contribution is -2.07. The number of Topliss-reactive ketones (excluding diaryl/α,β-unsaturated/α-hetero) is 1. The number of fused-ring (bicyclic) bond motifs is 2. The lowest BCUT2D eigenvalue weighted by atomic mass is 10.0. The second kappa shape index (κ2) is 8.56. The molecule has 5 rings (SSSR count). The molecule has 6 heteroatoms. The van der Waals surface area contributed by atoms with Gasteiger partial charge >= 0.3 is 5.97 Å². The van der Waals surface area contributed by atoms with Crippen molar-refractivity contribution in [2.24, 2.45) is 0 Å². The van der Waals surface area contributed by atoms with E-state index < -0.39 is 5.97 Å². The molecular formula is C27H17BrO5. The molecule has 1 aliphatic rings. The summed E-state index contributed by atoms with van der Waals surface area (Å²) in [4.78, 5) is 25.4. The second-order valence-corrected chi connectivity index (χ2v) is 8.44. The van der Waals surface area contributed by atoms with Crippen molar-refractivity contribution in [1.82, 2.24) is 0 Å². The van der Waals surface area contributed by atoms with E-state index in [1.54, 1.807) is 43.3 Å². The highest BCUT2D eigenvalue weighted by Gasteiger charge is 2.30. The van der Waals surface area contributed by atoms with Gasteiger partial charge in [-0.15, -0.1) is 0 Å². The van der Waals surface area contributed by atoms with Crippen molar-refractivity contribution in [3.63, 3.8) is 0 Å². The topological polar surface area (TPSA) is 65.7 Å². The van der Waals surface area contributed by atoms with Gasteiger partial charge in [-0.3, -0.25) is 4.79 Å². The molecule has 0 spiro atoms. The SMILES string of the molecule is Cc1cc(OC(=O)c2cc3cc(Br)ccc3o2)cc2c1C(=O)/C(=C/C=C/c1ccccc1)O2. The Morgan fingerprint density at radius 1 is 1.03 bits per heavy atom. The van der Waals surface area contributed by atoms with E-state index in [0.29, 0.717) is 22.5 Å². The molecular weight excluding hydrogens is 484 g/mol. The lowest BCUT2D eigenvalue weighted by Gasteiger charge is -2.06. The highest BCUT2D eigenvalue weighted by Crippen LogP contribution is 2.37. The molecule has 3 aromatic carbocycles. The lowest BCUT2D eigenvalue weighted by molar-refractivity contribution is 0.0703. The number of aryl methyl sites for hydroxylation is 1.